The highest BCUT2D eigenvalue weighted by Gasteiger charge is 2.02. The number of amides is 2. The number of hydrogen-bond donors (Lipinski definition) is 1. The normalized spacial score (nSPS) is 9.62. The zero-order valence-electron chi connectivity index (χ0n) is 7.43. The van der Waals surface area contributed by atoms with Crippen molar-refractivity contribution in [3.05, 3.63) is 35.9 Å². The van der Waals surface area contributed by atoms with E-state index in [2.05, 4.69) is 0 Å². The van der Waals surface area contributed by atoms with Crippen molar-refractivity contribution in [2.24, 2.45) is 5.73 Å². The van der Waals surface area contributed by atoms with Crippen molar-refractivity contribution in [2.75, 3.05) is 7.05 Å². The van der Waals surface area contributed by atoms with Crippen LogP contribution in [0.4, 0.5) is 4.79 Å². The third-order valence-electron chi connectivity index (χ3n) is 1.58. The molecule has 0 aliphatic rings. The number of hydroxylamine groups is 2. The molecular weight excluding hydrogens is 168 g/mol. The van der Waals surface area contributed by atoms with E-state index in [9.17, 15) is 4.79 Å². The van der Waals surface area contributed by atoms with Gasteiger partial charge in [0.15, 0.2) is 0 Å². The van der Waals surface area contributed by atoms with Crippen molar-refractivity contribution in [3.8, 4) is 0 Å². The molecule has 1 aromatic rings. The number of benzene rings is 1. The van der Waals surface area contributed by atoms with Crippen LogP contribution in [0.2, 0.25) is 0 Å². The van der Waals surface area contributed by atoms with E-state index in [4.69, 9.17) is 10.6 Å². The van der Waals surface area contributed by atoms with Gasteiger partial charge in [-0.15, -0.1) is 0 Å². The predicted octanol–water partition coefficient (Wildman–Crippen LogP) is 1.13. The van der Waals surface area contributed by atoms with Gasteiger partial charge in [0, 0.05) is 7.05 Å². The molecule has 0 unspecified atom stereocenters. The Labute approximate surface area is 76.9 Å². The highest BCUT2D eigenvalue weighted by atomic mass is 16.7. The number of nitrogens with two attached hydrogens (primary N) is 1. The molecule has 0 spiro atoms. The summed E-state index contributed by atoms with van der Waals surface area (Å²) in [6.45, 7) is 0.347. The van der Waals surface area contributed by atoms with Crippen LogP contribution in [0, 0.1) is 0 Å². The Morgan fingerprint density at radius 3 is 2.62 bits per heavy atom. The van der Waals surface area contributed by atoms with Crippen molar-refractivity contribution in [3.63, 3.8) is 0 Å². The van der Waals surface area contributed by atoms with E-state index in [1.165, 1.54) is 7.05 Å². The summed E-state index contributed by atoms with van der Waals surface area (Å²) in [5, 5.41) is 1.01. The predicted molar refractivity (Wildman–Crippen MR) is 48.6 cm³/mol. The molecular formula is C9H12N2O2. The van der Waals surface area contributed by atoms with Gasteiger partial charge in [-0.25, -0.2) is 9.86 Å². The molecule has 0 atom stereocenters. The standard InChI is InChI=1S/C9H12N2O2/c1-11(9(10)12)13-7-8-5-3-2-4-6-8/h2-6H,7H2,1H3,(H2,10,12). The molecule has 0 bridgehead atoms. The topological polar surface area (TPSA) is 55.6 Å². The van der Waals surface area contributed by atoms with Crippen molar-refractivity contribution >= 4 is 6.03 Å². The lowest BCUT2D eigenvalue weighted by Crippen LogP contribution is -2.31. The maximum absolute atomic E-state index is 10.5. The van der Waals surface area contributed by atoms with Gasteiger partial charge >= 0.3 is 6.03 Å². The number of carbonyl (C=O) groups excluding carboxylic acids is 1. The lowest BCUT2D eigenvalue weighted by molar-refractivity contribution is -0.107. The zero-order chi connectivity index (χ0) is 9.68. The molecule has 1 rings (SSSR count). The Bertz CT molecular complexity index is 274. The van der Waals surface area contributed by atoms with Crippen molar-refractivity contribution in [1.29, 1.82) is 0 Å². The van der Waals surface area contributed by atoms with Gasteiger partial charge < -0.3 is 5.73 Å². The van der Waals surface area contributed by atoms with Crippen LogP contribution >= 0.6 is 0 Å². The third kappa shape index (κ3) is 3.13. The van der Waals surface area contributed by atoms with E-state index in [-0.39, 0.29) is 0 Å². The van der Waals surface area contributed by atoms with Crippen LogP contribution < -0.4 is 5.73 Å². The van der Waals surface area contributed by atoms with Gasteiger partial charge in [0.1, 0.15) is 6.61 Å². The summed E-state index contributed by atoms with van der Waals surface area (Å²) in [4.78, 5) is 15.6. The first-order chi connectivity index (χ1) is 6.20. The summed E-state index contributed by atoms with van der Waals surface area (Å²) in [6, 6.07) is 8.95. The van der Waals surface area contributed by atoms with Crippen molar-refractivity contribution in [2.45, 2.75) is 6.61 Å². The molecule has 0 heterocycles. The molecule has 0 saturated carbocycles. The Morgan fingerprint density at radius 1 is 1.46 bits per heavy atom. The first-order valence-electron chi connectivity index (χ1n) is 3.90. The number of rotatable bonds is 3. The van der Waals surface area contributed by atoms with Crippen LogP contribution in [-0.4, -0.2) is 18.1 Å². The molecule has 0 aliphatic heterocycles. The molecule has 2 amide bonds. The maximum atomic E-state index is 10.5. The highest BCUT2D eigenvalue weighted by Crippen LogP contribution is 2.01. The minimum Gasteiger partial charge on any atom is -0.350 e. The van der Waals surface area contributed by atoms with Crippen molar-refractivity contribution < 1.29 is 9.63 Å². The van der Waals surface area contributed by atoms with Crippen LogP contribution in [0.3, 0.4) is 0 Å². The van der Waals surface area contributed by atoms with E-state index in [0.717, 1.165) is 10.6 Å². The lowest BCUT2D eigenvalue weighted by atomic mass is 10.2. The van der Waals surface area contributed by atoms with Gasteiger partial charge in [-0.1, -0.05) is 30.3 Å². The van der Waals surface area contributed by atoms with Crippen LogP contribution in [0.25, 0.3) is 0 Å². The van der Waals surface area contributed by atoms with Gasteiger partial charge in [0.2, 0.25) is 0 Å². The second-order valence-corrected chi connectivity index (χ2v) is 2.59. The first kappa shape index (κ1) is 9.54. The molecule has 0 saturated heterocycles. The van der Waals surface area contributed by atoms with Gasteiger partial charge in [-0.2, -0.15) is 0 Å². The smallest absolute Gasteiger partial charge is 0.338 e. The van der Waals surface area contributed by atoms with Crippen molar-refractivity contribution in [1.82, 2.24) is 5.06 Å². The van der Waals surface area contributed by atoms with E-state index < -0.39 is 6.03 Å². The monoisotopic (exact) mass is 180 g/mol. The van der Waals surface area contributed by atoms with Gasteiger partial charge in [0.05, 0.1) is 0 Å². The summed E-state index contributed by atoms with van der Waals surface area (Å²) < 4.78 is 0. The zero-order valence-corrected chi connectivity index (χ0v) is 7.43. The molecule has 0 fully saturated rings. The fourth-order valence-corrected chi connectivity index (χ4v) is 0.809. The Morgan fingerprint density at radius 2 is 2.08 bits per heavy atom. The quantitative estimate of drug-likeness (QED) is 0.709. The minimum atomic E-state index is -0.601. The number of carbonyl (C=O) groups is 1. The van der Waals surface area contributed by atoms with Gasteiger partial charge in [-0.3, -0.25) is 4.84 Å². The lowest BCUT2D eigenvalue weighted by Gasteiger charge is -2.13. The summed E-state index contributed by atoms with van der Waals surface area (Å²) in [6.07, 6.45) is 0. The second-order valence-electron chi connectivity index (χ2n) is 2.59. The van der Waals surface area contributed by atoms with Crippen LogP contribution in [0.15, 0.2) is 30.3 Å². The summed E-state index contributed by atoms with van der Waals surface area (Å²) >= 11 is 0. The van der Waals surface area contributed by atoms with E-state index in [0.29, 0.717) is 6.61 Å². The number of nitrogens with zero attached hydrogens (tertiary/aromatic N) is 1. The van der Waals surface area contributed by atoms with Crippen LogP contribution in [0.1, 0.15) is 5.56 Å². The SMILES string of the molecule is CN(OCc1ccccc1)C(N)=O. The largest absolute Gasteiger partial charge is 0.350 e. The van der Waals surface area contributed by atoms with Crippen LogP contribution in [-0.2, 0) is 11.4 Å². The third-order valence-corrected chi connectivity index (χ3v) is 1.58. The van der Waals surface area contributed by atoms with E-state index in [1.807, 2.05) is 30.3 Å². The molecule has 0 radical (unpaired) electrons. The number of urea groups is 1. The molecule has 4 nitrogen and oxygen atoms in total. The first-order valence-corrected chi connectivity index (χ1v) is 3.90. The highest BCUT2D eigenvalue weighted by molar-refractivity contribution is 5.70. The molecule has 4 heteroatoms. The van der Waals surface area contributed by atoms with E-state index in [1.54, 1.807) is 0 Å². The molecule has 0 aromatic heterocycles. The van der Waals surface area contributed by atoms with Gasteiger partial charge in [0.25, 0.3) is 0 Å². The molecule has 1 aromatic carbocycles. The van der Waals surface area contributed by atoms with Crippen LogP contribution in [0.5, 0.6) is 0 Å². The van der Waals surface area contributed by atoms with E-state index >= 15 is 0 Å². The molecule has 2 N–H and O–H groups in total. The maximum Gasteiger partial charge on any atom is 0.338 e. The average Bonchev–Trinajstić information content (AvgIpc) is 2.15. The minimum absolute atomic E-state index is 0.347. The number of hydrogen-bond acceptors (Lipinski definition) is 2. The molecule has 13 heavy (non-hydrogen) atoms. The van der Waals surface area contributed by atoms with Gasteiger partial charge in [-0.05, 0) is 5.56 Å². The second kappa shape index (κ2) is 4.47. The Hall–Kier alpha value is -1.55. The molecule has 70 valence electrons. The fraction of sp³-hybridized carbons (Fsp3) is 0.222. The molecule has 0 aliphatic carbocycles. The summed E-state index contributed by atoms with van der Waals surface area (Å²) in [5.41, 5.74) is 5.96. The Kier molecular flexibility index (Phi) is 3.28. The average molecular weight is 180 g/mol. The Balaban J connectivity index is 2.39. The number of primary amides is 1. The summed E-state index contributed by atoms with van der Waals surface area (Å²) in [5.74, 6) is 0. The fourth-order valence-electron chi connectivity index (χ4n) is 0.809. The summed E-state index contributed by atoms with van der Waals surface area (Å²) in [7, 11) is 1.48.